The fourth-order valence-corrected chi connectivity index (χ4v) is 3.56. The Kier molecular flexibility index (Phi) is 4.09. The third-order valence-corrected chi connectivity index (χ3v) is 4.85. The van der Waals surface area contributed by atoms with Gasteiger partial charge in [0.15, 0.2) is 0 Å². The Hall–Kier alpha value is -0.150. The maximum Gasteiger partial charge on any atom is 0.211 e. The SMILES string of the molecule is CS(=O)(=O)N1CCCC(Cn2ccc(I)n2)C1. The molecule has 7 heteroatoms. The molecule has 0 N–H and O–H groups in total. The average molecular weight is 369 g/mol. The lowest BCUT2D eigenvalue weighted by molar-refractivity contribution is 0.240. The third-order valence-electron chi connectivity index (χ3n) is 3.00. The van der Waals surface area contributed by atoms with E-state index >= 15 is 0 Å². The second-order valence-corrected chi connectivity index (χ2v) is 7.58. The molecule has 0 saturated carbocycles. The lowest BCUT2D eigenvalue weighted by Crippen LogP contribution is -2.40. The standard InChI is InChI=1S/C10H16IN3O2S/c1-17(15,16)14-5-2-3-9(8-14)7-13-6-4-10(11)12-13/h4,6,9H,2-3,5,7-8H2,1H3. The number of halogens is 1. The predicted octanol–water partition coefficient (Wildman–Crippen LogP) is 1.16. The van der Waals surface area contributed by atoms with Crippen molar-refractivity contribution in [1.82, 2.24) is 14.1 Å². The van der Waals surface area contributed by atoms with Gasteiger partial charge in [-0.1, -0.05) is 0 Å². The minimum absolute atomic E-state index is 0.370. The molecule has 0 spiro atoms. The molecule has 1 aromatic rings. The molecule has 1 fully saturated rings. The minimum atomic E-state index is -3.04. The summed E-state index contributed by atoms with van der Waals surface area (Å²) in [5, 5.41) is 4.33. The quantitative estimate of drug-likeness (QED) is 0.752. The first-order chi connectivity index (χ1) is 7.95. The van der Waals surface area contributed by atoms with Gasteiger partial charge >= 0.3 is 0 Å². The van der Waals surface area contributed by atoms with E-state index in [1.165, 1.54) is 6.26 Å². The van der Waals surface area contributed by atoms with Crippen LogP contribution in [-0.2, 0) is 16.6 Å². The summed E-state index contributed by atoms with van der Waals surface area (Å²) in [7, 11) is -3.04. The molecule has 1 aliphatic rings. The van der Waals surface area contributed by atoms with Crippen LogP contribution in [0.2, 0.25) is 0 Å². The topological polar surface area (TPSA) is 55.2 Å². The number of rotatable bonds is 3. The Bertz CT molecular complexity index is 485. The number of hydrogen-bond acceptors (Lipinski definition) is 3. The Balaban J connectivity index is 1.98. The van der Waals surface area contributed by atoms with E-state index in [0.717, 1.165) is 23.1 Å². The Morgan fingerprint density at radius 1 is 1.59 bits per heavy atom. The van der Waals surface area contributed by atoms with Crippen molar-refractivity contribution in [3.8, 4) is 0 Å². The van der Waals surface area contributed by atoms with Crippen molar-refractivity contribution >= 4 is 32.6 Å². The highest BCUT2D eigenvalue weighted by Gasteiger charge is 2.26. The zero-order chi connectivity index (χ0) is 12.5. The molecule has 0 amide bonds. The zero-order valence-electron chi connectivity index (χ0n) is 9.71. The molecule has 17 heavy (non-hydrogen) atoms. The summed E-state index contributed by atoms with van der Waals surface area (Å²) in [6.07, 6.45) is 5.24. The maximum absolute atomic E-state index is 11.5. The molecule has 1 aromatic heterocycles. The van der Waals surface area contributed by atoms with Crippen molar-refractivity contribution in [2.75, 3.05) is 19.3 Å². The van der Waals surface area contributed by atoms with Crippen molar-refractivity contribution in [1.29, 1.82) is 0 Å². The van der Waals surface area contributed by atoms with Crippen molar-refractivity contribution in [3.05, 3.63) is 16.0 Å². The maximum atomic E-state index is 11.5. The lowest BCUT2D eigenvalue weighted by atomic mass is 10.00. The normalized spacial score (nSPS) is 22.8. The molecule has 1 unspecified atom stereocenters. The molecule has 1 aliphatic heterocycles. The van der Waals surface area contributed by atoms with Crippen molar-refractivity contribution < 1.29 is 8.42 Å². The summed E-state index contributed by atoms with van der Waals surface area (Å²) >= 11 is 2.17. The van der Waals surface area contributed by atoms with Crippen LogP contribution in [0.5, 0.6) is 0 Å². The summed E-state index contributed by atoms with van der Waals surface area (Å²) in [6.45, 7) is 2.08. The first kappa shape index (κ1) is 13.3. The average Bonchev–Trinajstić information content (AvgIpc) is 2.63. The first-order valence-corrected chi connectivity index (χ1v) is 8.52. The molecule has 0 aliphatic carbocycles. The van der Waals surface area contributed by atoms with Gasteiger partial charge in [0.05, 0.1) is 6.26 Å². The van der Waals surface area contributed by atoms with Gasteiger partial charge in [0, 0.05) is 25.8 Å². The minimum Gasteiger partial charge on any atom is -0.271 e. The third kappa shape index (κ3) is 3.65. The molecule has 0 aromatic carbocycles. The second-order valence-electron chi connectivity index (χ2n) is 4.49. The van der Waals surface area contributed by atoms with E-state index in [1.54, 1.807) is 4.31 Å². The molecule has 1 atom stereocenters. The molecular weight excluding hydrogens is 353 g/mol. The summed E-state index contributed by atoms with van der Waals surface area (Å²) in [4.78, 5) is 0. The highest BCUT2D eigenvalue weighted by molar-refractivity contribution is 14.1. The van der Waals surface area contributed by atoms with E-state index in [1.807, 2.05) is 16.9 Å². The van der Waals surface area contributed by atoms with Gasteiger partial charge in [0.2, 0.25) is 10.0 Å². The van der Waals surface area contributed by atoms with E-state index in [2.05, 4.69) is 27.7 Å². The van der Waals surface area contributed by atoms with E-state index in [-0.39, 0.29) is 0 Å². The first-order valence-electron chi connectivity index (χ1n) is 5.59. The van der Waals surface area contributed by atoms with Crippen LogP contribution in [0.15, 0.2) is 12.3 Å². The highest BCUT2D eigenvalue weighted by atomic mass is 127. The summed E-state index contributed by atoms with van der Waals surface area (Å²) in [5.74, 6) is 0.370. The van der Waals surface area contributed by atoms with Gasteiger partial charge in [-0.05, 0) is 47.4 Å². The zero-order valence-corrected chi connectivity index (χ0v) is 12.7. The molecule has 5 nitrogen and oxygen atoms in total. The molecular formula is C10H16IN3O2S. The molecule has 2 rings (SSSR count). The summed E-state index contributed by atoms with van der Waals surface area (Å²) in [5.41, 5.74) is 0. The van der Waals surface area contributed by atoms with E-state index in [0.29, 0.717) is 19.0 Å². The molecule has 0 radical (unpaired) electrons. The number of nitrogens with zero attached hydrogens (tertiary/aromatic N) is 3. The van der Waals surface area contributed by atoms with Crippen LogP contribution in [0.4, 0.5) is 0 Å². The van der Waals surface area contributed by atoms with Gasteiger partial charge in [0.1, 0.15) is 3.70 Å². The van der Waals surface area contributed by atoms with Gasteiger partial charge in [-0.15, -0.1) is 0 Å². The largest absolute Gasteiger partial charge is 0.271 e. The Morgan fingerprint density at radius 3 is 2.94 bits per heavy atom. The van der Waals surface area contributed by atoms with Gasteiger partial charge in [-0.25, -0.2) is 12.7 Å². The van der Waals surface area contributed by atoms with Crippen LogP contribution >= 0.6 is 22.6 Å². The Labute approximate surface area is 115 Å². The van der Waals surface area contributed by atoms with Gasteiger partial charge in [-0.2, -0.15) is 5.10 Å². The smallest absolute Gasteiger partial charge is 0.211 e. The number of hydrogen-bond donors (Lipinski definition) is 0. The monoisotopic (exact) mass is 369 g/mol. The van der Waals surface area contributed by atoms with Gasteiger partial charge < -0.3 is 0 Å². The highest BCUT2D eigenvalue weighted by Crippen LogP contribution is 2.20. The Morgan fingerprint density at radius 2 is 2.35 bits per heavy atom. The van der Waals surface area contributed by atoms with Crippen molar-refractivity contribution in [3.63, 3.8) is 0 Å². The van der Waals surface area contributed by atoms with Crippen molar-refractivity contribution in [2.45, 2.75) is 19.4 Å². The molecule has 96 valence electrons. The van der Waals surface area contributed by atoms with Crippen LogP contribution in [0.25, 0.3) is 0 Å². The summed E-state index contributed by atoms with van der Waals surface area (Å²) in [6, 6.07) is 1.96. The number of piperidine rings is 1. The van der Waals surface area contributed by atoms with Crippen LogP contribution in [0.1, 0.15) is 12.8 Å². The van der Waals surface area contributed by atoms with Crippen LogP contribution in [-0.4, -0.2) is 41.8 Å². The van der Waals surface area contributed by atoms with Crippen LogP contribution in [0.3, 0.4) is 0 Å². The van der Waals surface area contributed by atoms with Crippen LogP contribution < -0.4 is 0 Å². The fourth-order valence-electron chi connectivity index (χ4n) is 2.18. The lowest BCUT2D eigenvalue weighted by Gasteiger charge is -2.30. The second kappa shape index (κ2) is 5.23. The predicted molar refractivity (Wildman–Crippen MR) is 74.1 cm³/mol. The van der Waals surface area contributed by atoms with Gasteiger partial charge in [0.25, 0.3) is 0 Å². The van der Waals surface area contributed by atoms with Gasteiger partial charge in [-0.3, -0.25) is 4.68 Å². The fraction of sp³-hybridized carbons (Fsp3) is 0.700. The molecule has 1 saturated heterocycles. The molecule has 0 bridgehead atoms. The van der Waals surface area contributed by atoms with Crippen LogP contribution in [0, 0.1) is 9.62 Å². The van der Waals surface area contributed by atoms with E-state index < -0.39 is 10.0 Å². The summed E-state index contributed by atoms with van der Waals surface area (Å²) < 4.78 is 27.4. The molecule has 2 heterocycles. The number of aromatic nitrogens is 2. The van der Waals surface area contributed by atoms with Crippen molar-refractivity contribution in [2.24, 2.45) is 5.92 Å². The van der Waals surface area contributed by atoms with E-state index in [9.17, 15) is 8.42 Å². The van der Waals surface area contributed by atoms with E-state index in [4.69, 9.17) is 0 Å². The number of sulfonamides is 1.